The minimum Gasteiger partial charge on any atom is -0.512 e. The van der Waals surface area contributed by atoms with E-state index < -0.39 is 5.67 Å². The molecule has 2 saturated heterocycles. The van der Waals surface area contributed by atoms with Crippen molar-refractivity contribution in [2.75, 3.05) is 13.1 Å². The molecule has 0 amide bonds. The summed E-state index contributed by atoms with van der Waals surface area (Å²) in [7, 11) is 0. The third kappa shape index (κ3) is 1.73. The third-order valence-corrected chi connectivity index (χ3v) is 3.48. The Morgan fingerprint density at radius 3 is 2.53 bits per heavy atom. The van der Waals surface area contributed by atoms with Crippen LogP contribution in [0.3, 0.4) is 0 Å². The van der Waals surface area contributed by atoms with Crippen LogP contribution in [0.5, 0.6) is 0 Å². The van der Waals surface area contributed by atoms with Gasteiger partial charge in [0.15, 0.2) is 0 Å². The molecule has 3 fully saturated rings. The number of piperidine rings is 2. The summed E-state index contributed by atoms with van der Waals surface area (Å²) in [5.74, 6) is 0.810. The molecule has 2 N–H and O–H groups in total. The molecule has 0 aromatic carbocycles. The number of hydrogen-bond donors (Lipinski definition) is 2. The van der Waals surface area contributed by atoms with Crippen LogP contribution in [-0.4, -0.2) is 34.6 Å². The second kappa shape index (κ2) is 3.22. The van der Waals surface area contributed by atoms with Crippen LogP contribution < -0.4 is 0 Å². The van der Waals surface area contributed by atoms with Gasteiger partial charge in [0.25, 0.3) is 0 Å². The van der Waals surface area contributed by atoms with Gasteiger partial charge < -0.3 is 10.0 Å². The fourth-order valence-electron chi connectivity index (χ4n) is 2.53. The van der Waals surface area contributed by atoms with Crippen LogP contribution in [0.15, 0.2) is 11.3 Å². The Balaban J connectivity index is 2.07. The van der Waals surface area contributed by atoms with Gasteiger partial charge in [-0.05, 0) is 32.6 Å². The van der Waals surface area contributed by atoms with E-state index in [-0.39, 0.29) is 11.6 Å². The topological polar surface area (TPSA) is 47.3 Å². The molecule has 0 radical (unpaired) electrons. The molecule has 0 aromatic rings. The van der Waals surface area contributed by atoms with Crippen molar-refractivity contribution in [3.63, 3.8) is 0 Å². The highest BCUT2D eigenvalue weighted by molar-refractivity contribution is 5.95. The predicted molar refractivity (Wildman–Crippen MR) is 56.9 cm³/mol. The Bertz CT molecular complexity index is 327. The molecule has 4 heteroatoms. The van der Waals surface area contributed by atoms with Crippen LogP contribution in [-0.2, 0) is 0 Å². The van der Waals surface area contributed by atoms with Crippen LogP contribution >= 0.6 is 0 Å². The van der Waals surface area contributed by atoms with Crippen LogP contribution in [0, 0.1) is 11.3 Å². The lowest BCUT2D eigenvalue weighted by atomic mass is 9.68. The van der Waals surface area contributed by atoms with Gasteiger partial charge in [-0.25, -0.2) is 4.39 Å². The first-order valence-electron chi connectivity index (χ1n) is 5.30. The van der Waals surface area contributed by atoms with E-state index in [1.165, 1.54) is 0 Å². The van der Waals surface area contributed by atoms with E-state index in [9.17, 15) is 9.50 Å². The molecule has 3 rings (SSSR count). The van der Waals surface area contributed by atoms with Gasteiger partial charge in [0.2, 0.25) is 0 Å². The number of nitrogens with one attached hydrogen (secondary N) is 1. The number of alkyl halides is 1. The van der Waals surface area contributed by atoms with Gasteiger partial charge >= 0.3 is 0 Å². The third-order valence-electron chi connectivity index (χ3n) is 3.48. The molecular formula is C11H17FN2O. The molecule has 2 heterocycles. The Morgan fingerprint density at radius 2 is 2.07 bits per heavy atom. The number of aliphatic hydroxyl groups is 1. The Hall–Kier alpha value is -1.06. The number of halogens is 1. The zero-order chi connectivity index (χ0) is 11.2. The van der Waals surface area contributed by atoms with Gasteiger partial charge in [-0.2, -0.15) is 0 Å². The summed E-state index contributed by atoms with van der Waals surface area (Å²) < 4.78 is 13.8. The van der Waals surface area contributed by atoms with Gasteiger partial charge in [-0.1, -0.05) is 0 Å². The molecule has 0 aromatic heterocycles. The number of amidine groups is 1. The highest BCUT2D eigenvalue weighted by atomic mass is 19.1. The average molecular weight is 212 g/mol. The van der Waals surface area contributed by atoms with E-state index in [4.69, 9.17) is 5.41 Å². The number of nitrogens with zero attached hydrogens (tertiary/aromatic N) is 1. The monoisotopic (exact) mass is 212 g/mol. The molecule has 3 aliphatic rings. The lowest BCUT2D eigenvalue weighted by Crippen LogP contribution is -2.60. The molecule has 0 atom stereocenters. The fourth-order valence-corrected chi connectivity index (χ4v) is 2.53. The lowest BCUT2D eigenvalue weighted by Gasteiger charge is -2.52. The molecular weight excluding hydrogens is 195 g/mol. The Kier molecular flexibility index (Phi) is 2.24. The summed E-state index contributed by atoms with van der Waals surface area (Å²) in [6.07, 6.45) is 1.30. The molecule has 2 aliphatic heterocycles. The molecule has 84 valence electrons. The maximum absolute atomic E-state index is 13.8. The number of fused-ring (bicyclic) bond motifs is 2. The molecule has 2 bridgehead atoms. The van der Waals surface area contributed by atoms with Crippen molar-refractivity contribution < 1.29 is 9.50 Å². The lowest BCUT2D eigenvalue weighted by molar-refractivity contribution is -0.0608. The van der Waals surface area contributed by atoms with E-state index in [1.807, 2.05) is 0 Å². The summed E-state index contributed by atoms with van der Waals surface area (Å²) in [5, 5.41) is 17.1. The van der Waals surface area contributed by atoms with Crippen LogP contribution in [0.4, 0.5) is 4.39 Å². The van der Waals surface area contributed by atoms with Crippen molar-refractivity contribution in [1.29, 1.82) is 5.41 Å². The van der Waals surface area contributed by atoms with Crippen LogP contribution in [0.2, 0.25) is 0 Å². The molecule has 0 spiro atoms. The quantitative estimate of drug-likeness (QED) is 0.398. The van der Waals surface area contributed by atoms with Gasteiger partial charge in [-0.3, -0.25) is 5.41 Å². The maximum Gasteiger partial charge on any atom is 0.129 e. The van der Waals surface area contributed by atoms with Crippen molar-refractivity contribution in [2.45, 2.75) is 32.4 Å². The van der Waals surface area contributed by atoms with Crippen molar-refractivity contribution in [1.82, 2.24) is 4.90 Å². The minimum atomic E-state index is -1.07. The van der Waals surface area contributed by atoms with Crippen molar-refractivity contribution in [3.05, 3.63) is 11.3 Å². The molecule has 1 aliphatic carbocycles. The largest absolute Gasteiger partial charge is 0.512 e. The highest BCUT2D eigenvalue weighted by Crippen LogP contribution is 2.46. The van der Waals surface area contributed by atoms with Gasteiger partial charge in [0.1, 0.15) is 11.5 Å². The summed E-state index contributed by atoms with van der Waals surface area (Å²) in [6.45, 7) is 4.32. The summed E-state index contributed by atoms with van der Waals surface area (Å²) in [5.41, 5.74) is -0.529. The highest BCUT2D eigenvalue weighted by Gasteiger charge is 2.51. The van der Waals surface area contributed by atoms with Gasteiger partial charge in [-0.15, -0.1) is 0 Å². The van der Waals surface area contributed by atoms with Crippen molar-refractivity contribution in [2.24, 2.45) is 5.92 Å². The minimum absolute atomic E-state index is 0.146. The average Bonchev–Trinajstić information content (AvgIpc) is 2.13. The standard InChI is InChI=1S/C11H17FN2O/c1-7(8(2)15)10(13)14-5-9-3-11(12,4-9)6-14/h9,13,15H,3-6H2,1-2H3/b8-7+,13-10?. The predicted octanol–water partition coefficient (Wildman–Crippen LogP) is 2.25. The molecule has 1 saturated carbocycles. The summed E-state index contributed by atoms with van der Waals surface area (Å²) in [6, 6.07) is 0. The first-order chi connectivity index (χ1) is 6.91. The van der Waals surface area contributed by atoms with E-state index in [0.29, 0.717) is 30.9 Å². The van der Waals surface area contributed by atoms with Gasteiger partial charge in [0.05, 0.1) is 12.3 Å². The first-order valence-corrected chi connectivity index (χ1v) is 5.30. The summed E-state index contributed by atoms with van der Waals surface area (Å²) in [4.78, 5) is 1.74. The second-order valence-electron chi connectivity index (χ2n) is 4.86. The van der Waals surface area contributed by atoms with Crippen LogP contribution in [0.1, 0.15) is 26.7 Å². The SMILES string of the molecule is C/C(O)=C(/C)C(=N)N1CC2CC(F)(C2)C1. The van der Waals surface area contributed by atoms with E-state index in [2.05, 4.69) is 0 Å². The Labute approximate surface area is 89.1 Å². The van der Waals surface area contributed by atoms with Gasteiger partial charge in [0, 0.05) is 12.1 Å². The second-order valence-corrected chi connectivity index (χ2v) is 4.86. The van der Waals surface area contributed by atoms with E-state index in [1.54, 1.807) is 18.7 Å². The summed E-state index contributed by atoms with van der Waals surface area (Å²) >= 11 is 0. The number of allylic oxidation sites excluding steroid dienone is 1. The van der Waals surface area contributed by atoms with E-state index >= 15 is 0 Å². The molecule has 3 nitrogen and oxygen atoms in total. The number of rotatable bonds is 1. The van der Waals surface area contributed by atoms with E-state index in [0.717, 1.165) is 6.54 Å². The van der Waals surface area contributed by atoms with Crippen LogP contribution in [0.25, 0.3) is 0 Å². The smallest absolute Gasteiger partial charge is 0.129 e. The Morgan fingerprint density at radius 1 is 1.47 bits per heavy atom. The zero-order valence-corrected chi connectivity index (χ0v) is 9.18. The van der Waals surface area contributed by atoms with Crippen molar-refractivity contribution in [3.8, 4) is 0 Å². The zero-order valence-electron chi connectivity index (χ0n) is 9.18. The first kappa shape index (κ1) is 10.5. The maximum atomic E-state index is 13.8. The number of aliphatic hydroxyl groups excluding tert-OH is 1. The number of hydrogen-bond acceptors (Lipinski definition) is 2. The van der Waals surface area contributed by atoms with Crippen molar-refractivity contribution >= 4 is 5.84 Å². The normalized spacial score (nSPS) is 35.7. The fraction of sp³-hybridized carbons (Fsp3) is 0.727. The molecule has 15 heavy (non-hydrogen) atoms. The molecule has 0 unspecified atom stereocenters.